The molecule has 0 atom stereocenters. The quantitative estimate of drug-likeness (QED) is 0.206. The Morgan fingerprint density at radius 3 is 2.42 bits per heavy atom. The van der Waals surface area contributed by atoms with Gasteiger partial charge in [0.2, 0.25) is 17.7 Å². The van der Waals surface area contributed by atoms with Gasteiger partial charge in [0.25, 0.3) is 0 Å². The van der Waals surface area contributed by atoms with Gasteiger partial charge in [0.05, 0.1) is 5.69 Å². The first-order chi connectivity index (χ1) is 16.0. The third-order valence-electron chi connectivity index (χ3n) is 5.83. The number of benzene rings is 1. The number of hydrogen-bond acceptors (Lipinski definition) is 6. The number of carbonyl (C=O) groups is 3. The summed E-state index contributed by atoms with van der Waals surface area (Å²) in [4.78, 5) is 40.2. The second-order valence-electron chi connectivity index (χ2n) is 8.44. The van der Waals surface area contributed by atoms with Crippen molar-refractivity contribution in [3.05, 3.63) is 29.6 Å². The Kier molecular flexibility index (Phi) is 9.83. The maximum atomic E-state index is 12.5. The van der Waals surface area contributed by atoms with Gasteiger partial charge in [-0.3, -0.25) is 19.6 Å². The number of nitrogens with zero attached hydrogens (tertiary/aromatic N) is 1. The van der Waals surface area contributed by atoms with Gasteiger partial charge in [-0.1, -0.05) is 44.2 Å². The molecule has 1 saturated carbocycles. The zero-order chi connectivity index (χ0) is 23.5. The first-order valence-electron chi connectivity index (χ1n) is 11.6. The van der Waals surface area contributed by atoms with Crippen LogP contribution in [-0.2, 0) is 14.4 Å². The molecule has 0 bridgehead atoms. The number of hydroxylamine groups is 1. The van der Waals surface area contributed by atoms with Gasteiger partial charge in [-0.05, 0) is 37.8 Å². The lowest BCUT2D eigenvalue weighted by atomic mass is 9.88. The standard InChI is InChI=1S/C24H32N4O4S/c29-21(13-6-1-2-7-14-22(30)28-32)27-24-26-20(16-33-24)18-11-8-12-19(15-18)25-23(31)17-9-4-3-5-10-17/h8,11-12,15-17,32H,1-7,9-10,13-14H2,(H,25,31)(H,28,30)(H,26,27,29). The summed E-state index contributed by atoms with van der Waals surface area (Å²) in [6.45, 7) is 0. The molecule has 1 aromatic carbocycles. The number of unbranched alkanes of at least 4 members (excludes halogenated alkanes) is 3. The van der Waals surface area contributed by atoms with Gasteiger partial charge in [0.15, 0.2) is 5.13 Å². The van der Waals surface area contributed by atoms with Gasteiger partial charge in [0.1, 0.15) is 0 Å². The van der Waals surface area contributed by atoms with Crippen molar-refractivity contribution in [2.45, 2.75) is 70.6 Å². The fourth-order valence-electron chi connectivity index (χ4n) is 3.99. The molecule has 1 aliphatic carbocycles. The van der Waals surface area contributed by atoms with Crippen LogP contribution in [0.2, 0.25) is 0 Å². The van der Waals surface area contributed by atoms with Crippen LogP contribution in [0.5, 0.6) is 0 Å². The molecule has 3 amide bonds. The lowest BCUT2D eigenvalue weighted by Gasteiger charge is -2.20. The Balaban J connectivity index is 1.44. The molecule has 0 saturated heterocycles. The highest BCUT2D eigenvalue weighted by Gasteiger charge is 2.21. The van der Waals surface area contributed by atoms with E-state index in [2.05, 4.69) is 15.6 Å². The van der Waals surface area contributed by atoms with E-state index in [1.165, 1.54) is 17.8 Å². The third-order valence-corrected chi connectivity index (χ3v) is 6.59. The minimum Gasteiger partial charge on any atom is -0.326 e. The van der Waals surface area contributed by atoms with Crippen LogP contribution in [0.3, 0.4) is 0 Å². The van der Waals surface area contributed by atoms with E-state index in [-0.39, 0.29) is 30.1 Å². The predicted molar refractivity (Wildman–Crippen MR) is 129 cm³/mol. The average molecular weight is 473 g/mol. The van der Waals surface area contributed by atoms with Crippen molar-refractivity contribution >= 4 is 39.9 Å². The van der Waals surface area contributed by atoms with E-state index in [1.54, 1.807) is 5.48 Å². The topological polar surface area (TPSA) is 120 Å². The number of carbonyl (C=O) groups excluding carboxylic acids is 3. The largest absolute Gasteiger partial charge is 0.326 e. The highest BCUT2D eigenvalue weighted by Crippen LogP contribution is 2.28. The Labute approximate surface area is 198 Å². The number of thiazole rings is 1. The second kappa shape index (κ2) is 13.1. The van der Waals surface area contributed by atoms with Crippen LogP contribution in [-0.4, -0.2) is 27.9 Å². The molecule has 0 spiro atoms. The molecule has 1 aliphatic rings. The van der Waals surface area contributed by atoms with Crippen LogP contribution in [0.25, 0.3) is 11.3 Å². The number of rotatable bonds is 11. The van der Waals surface area contributed by atoms with Crippen LogP contribution in [0, 0.1) is 5.92 Å². The smallest absolute Gasteiger partial charge is 0.243 e. The maximum Gasteiger partial charge on any atom is 0.243 e. The van der Waals surface area contributed by atoms with Crippen LogP contribution in [0.4, 0.5) is 10.8 Å². The van der Waals surface area contributed by atoms with E-state index in [1.807, 2.05) is 29.6 Å². The molecule has 4 N–H and O–H groups in total. The van der Waals surface area contributed by atoms with Gasteiger partial charge in [-0.25, -0.2) is 10.5 Å². The van der Waals surface area contributed by atoms with Gasteiger partial charge >= 0.3 is 0 Å². The lowest BCUT2D eigenvalue weighted by molar-refractivity contribution is -0.129. The monoisotopic (exact) mass is 472 g/mol. The maximum absolute atomic E-state index is 12.5. The Morgan fingerprint density at radius 2 is 1.70 bits per heavy atom. The molecule has 2 aromatic rings. The third kappa shape index (κ3) is 8.25. The van der Waals surface area contributed by atoms with Crippen molar-refractivity contribution in [2.24, 2.45) is 5.92 Å². The Bertz CT molecular complexity index is 940. The van der Waals surface area contributed by atoms with Crippen molar-refractivity contribution < 1.29 is 19.6 Å². The number of nitrogens with one attached hydrogen (secondary N) is 3. The SMILES string of the molecule is O=C(CCCCCCC(=O)Nc1nc(-c2cccc(NC(=O)C3CCCCC3)c2)cs1)NO. The highest BCUT2D eigenvalue weighted by molar-refractivity contribution is 7.14. The Morgan fingerprint density at radius 1 is 0.970 bits per heavy atom. The summed E-state index contributed by atoms with van der Waals surface area (Å²) in [6, 6.07) is 7.63. The van der Waals surface area contributed by atoms with Crippen LogP contribution in [0.1, 0.15) is 70.6 Å². The summed E-state index contributed by atoms with van der Waals surface area (Å²) >= 11 is 1.37. The predicted octanol–water partition coefficient (Wildman–Crippen LogP) is 5.11. The minimum absolute atomic E-state index is 0.0857. The summed E-state index contributed by atoms with van der Waals surface area (Å²) in [5.74, 6) is -0.278. The summed E-state index contributed by atoms with van der Waals surface area (Å²) < 4.78 is 0. The molecule has 8 nitrogen and oxygen atoms in total. The van der Waals surface area contributed by atoms with Crippen molar-refractivity contribution in [3.63, 3.8) is 0 Å². The minimum atomic E-state index is -0.385. The molecule has 33 heavy (non-hydrogen) atoms. The summed E-state index contributed by atoms with van der Waals surface area (Å²) in [6.07, 6.45) is 9.14. The average Bonchev–Trinajstić information content (AvgIpc) is 3.30. The number of anilines is 2. The first-order valence-corrected chi connectivity index (χ1v) is 12.5. The van der Waals surface area contributed by atoms with E-state index >= 15 is 0 Å². The number of amides is 3. The molecule has 0 unspecified atom stereocenters. The molecule has 3 rings (SSSR count). The van der Waals surface area contributed by atoms with Crippen LogP contribution >= 0.6 is 11.3 Å². The van der Waals surface area contributed by atoms with E-state index in [0.29, 0.717) is 18.0 Å². The summed E-state index contributed by atoms with van der Waals surface area (Å²) in [5, 5.41) is 16.8. The van der Waals surface area contributed by atoms with Crippen LogP contribution in [0.15, 0.2) is 29.6 Å². The zero-order valence-electron chi connectivity index (χ0n) is 18.8. The van der Waals surface area contributed by atoms with Gasteiger partial charge in [0, 0.05) is 35.4 Å². The van der Waals surface area contributed by atoms with Gasteiger partial charge in [-0.15, -0.1) is 11.3 Å². The highest BCUT2D eigenvalue weighted by atomic mass is 32.1. The van der Waals surface area contributed by atoms with E-state index in [0.717, 1.165) is 61.9 Å². The molecule has 178 valence electrons. The van der Waals surface area contributed by atoms with Crippen LogP contribution < -0.4 is 16.1 Å². The second-order valence-corrected chi connectivity index (χ2v) is 9.30. The number of hydrogen-bond donors (Lipinski definition) is 4. The van der Waals surface area contributed by atoms with Gasteiger partial charge < -0.3 is 10.6 Å². The Hall–Kier alpha value is -2.78. The lowest BCUT2D eigenvalue weighted by Crippen LogP contribution is -2.24. The molecule has 1 heterocycles. The molecule has 1 fully saturated rings. The van der Waals surface area contributed by atoms with E-state index in [4.69, 9.17) is 5.21 Å². The summed E-state index contributed by atoms with van der Waals surface area (Å²) in [5.41, 5.74) is 4.02. The van der Waals surface area contributed by atoms with Crippen molar-refractivity contribution in [1.82, 2.24) is 10.5 Å². The van der Waals surface area contributed by atoms with E-state index in [9.17, 15) is 14.4 Å². The molecular formula is C24H32N4O4S. The molecule has 1 aromatic heterocycles. The summed E-state index contributed by atoms with van der Waals surface area (Å²) in [7, 11) is 0. The molecule has 9 heteroatoms. The van der Waals surface area contributed by atoms with Crippen molar-refractivity contribution in [3.8, 4) is 11.3 Å². The van der Waals surface area contributed by atoms with Crippen molar-refractivity contribution in [2.75, 3.05) is 10.6 Å². The first kappa shape index (κ1) is 24.9. The zero-order valence-corrected chi connectivity index (χ0v) is 19.6. The molecular weight excluding hydrogens is 440 g/mol. The normalized spacial score (nSPS) is 14.0. The fourth-order valence-corrected chi connectivity index (χ4v) is 4.73. The molecule has 0 aliphatic heterocycles. The molecule has 0 radical (unpaired) electrons. The van der Waals surface area contributed by atoms with E-state index < -0.39 is 0 Å². The number of aromatic nitrogens is 1. The van der Waals surface area contributed by atoms with Crippen molar-refractivity contribution in [1.29, 1.82) is 0 Å². The fraction of sp³-hybridized carbons (Fsp3) is 0.500. The van der Waals surface area contributed by atoms with Gasteiger partial charge in [-0.2, -0.15) is 0 Å².